The van der Waals surface area contributed by atoms with Crippen molar-refractivity contribution in [3.8, 4) is 0 Å². The number of ketones is 1. The van der Waals surface area contributed by atoms with E-state index in [0.29, 0.717) is 12.0 Å². The molecule has 0 atom stereocenters. The highest BCUT2D eigenvalue weighted by Gasteiger charge is 2.29. The van der Waals surface area contributed by atoms with Crippen LogP contribution in [0.3, 0.4) is 0 Å². The van der Waals surface area contributed by atoms with Gasteiger partial charge in [-0.2, -0.15) is 13.2 Å². The fourth-order valence-corrected chi connectivity index (χ4v) is 1.60. The third-order valence-electron chi connectivity index (χ3n) is 2.52. The average molecular weight is 238 g/mol. The molecule has 0 N–H and O–H groups in total. The zero-order chi connectivity index (χ0) is 12.5. The smallest absolute Gasteiger partial charge is 0.295 e. The largest absolute Gasteiger partial charge is 0.416 e. The monoisotopic (exact) mass is 238 g/mol. The molecule has 0 saturated carbocycles. The summed E-state index contributed by atoms with van der Waals surface area (Å²) in [6.45, 7) is 0. The Labute approximate surface area is 96.3 Å². The summed E-state index contributed by atoms with van der Waals surface area (Å²) in [5.74, 6) is 0.000613. The topological polar surface area (TPSA) is 17.1 Å². The van der Waals surface area contributed by atoms with E-state index in [2.05, 4.69) is 0 Å². The van der Waals surface area contributed by atoms with Crippen LogP contribution in [0.1, 0.15) is 17.5 Å². The Morgan fingerprint density at radius 3 is 2.12 bits per heavy atom. The predicted octanol–water partition coefficient (Wildman–Crippen LogP) is 3.62. The van der Waals surface area contributed by atoms with Crippen LogP contribution in [0, 0.1) is 0 Å². The summed E-state index contributed by atoms with van der Waals surface area (Å²) in [5.41, 5.74) is 0.790. The van der Waals surface area contributed by atoms with Crippen LogP contribution in [0.15, 0.2) is 42.5 Å². The molecule has 0 saturated heterocycles. The Morgan fingerprint density at radius 1 is 1.00 bits per heavy atom. The van der Waals surface area contributed by atoms with E-state index in [-0.39, 0.29) is 5.78 Å². The molecule has 1 aromatic carbocycles. The molecule has 0 spiro atoms. The first-order chi connectivity index (χ1) is 7.97. The molecule has 0 aromatic heterocycles. The molecule has 0 bridgehead atoms. The van der Waals surface area contributed by atoms with Crippen LogP contribution in [0.5, 0.6) is 0 Å². The van der Waals surface area contributed by atoms with Gasteiger partial charge in [-0.15, -0.1) is 0 Å². The highest BCUT2D eigenvalue weighted by atomic mass is 19.4. The molecule has 4 heteroatoms. The molecule has 2 rings (SSSR count). The van der Waals surface area contributed by atoms with Crippen molar-refractivity contribution in [1.29, 1.82) is 0 Å². The molecule has 1 aliphatic rings. The van der Waals surface area contributed by atoms with E-state index in [4.69, 9.17) is 0 Å². The van der Waals surface area contributed by atoms with Gasteiger partial charge >= 0.3 is 6.18 Å². The van der Waals surface area contributed by atoms with Gasteiger partial charge in [0.25, 0.3) is 0 Å². The van der Waals surface area contributed by atoms with Crippen LogP contribution in [-0.4, -0.2) is 5.78 Å². The van der Waals surface area contributed by atoms with E-state index in [1.165, 1.54) is 18.2 Å². The number of benzene rings is 1. The summed E-state index contributed by atoms with van der Waals surface area (Å²) < 4.78 is 37.0. The molecule has 0 radical (unpaired) electrons. The number of carbonyl (C=O) groups is 1. The van der Waals surface area contributed by atoms with Crippen molar-refractivity contribution >= 4 is 11.4 Å². The summed E-state index contributed by atoms with van der Waals surface area (Å²) >= 11 is 0. The van der Waals surface area contributed by atoms with E-state index in [9.17, 15) is 18.0 Å². The van der Waals surface area contributed by atoms with Gasteiger partial charge in [0.1, 0.15) is 0 Å². The Balaban J connectivity index is 2.25. The Morgan fingerprint density at radius 2 is 1.65 bits per heavy atom. The number of halogens is 3. The molecule has 1 aromatic rings. The first-order valence-corrected chi connectivity index (χ1v) is 5.05. The molecule has 17 heavy (non-hydrogen) atoms. The molecule has 0 aliphatic heterocycles. The molecule has 88 valence electrons. The first kappa shape index (κ1) is 11.6. The molecule has 0 amide bonds. The van der Waals surface area contributed by atoms with Crippen LogP contribution in [-0.2, 0) is 11.0 Å². The summed E-state index contributed by atoms with van der Waals surface area (Å²) in [7, 11) is 0. The minimum atomic E-state index is -4.31. The molecular weight excluding hydrogens is 229 g/mol. The maximum Gasteiger partial charge on any atom is 0.416 e. The van der Waals surface area contributed by atoms with Gasteiger partial charge in [0.15, 0.2) is 5.78 Å². The predicted molar refractivity (Wildman–Crippen MR) is 58.2 cm³/mol. The second-order valence-corrected chi connectivity index (χ2v) is 3.74. The molecule has 0 fully saturated rings. The number of hydrogen-bond acceptors (Lipinski definition) is 1. The Kier molecular flexibility index (Phi) is 2.88. The van der Waals surface area contributed by atoms with Crippen LogP contribution in [0.2, 0.25) is 0 Å². The SMILES string of the molecule is O=C1C=CC(c2ccc(C(F)(F)F)cc2)=CC1. The number of alkyl halides is 3. The van der Waals surface area contributed by atoms with Gasteiger partial charge in [0.2, 0.25) is 0 Å². The van der Waals surface area contributed by atoms with Crippen molar-refractivity contribution in [2.45, 2.75) is 12.6 Å². The van der Waals surface area contributed by atoms with Gasteiger partial charge < -0.3 is 0 Å². The third-order valence-corrected chi connectivity index (χ3v) is 2.52. The molecular formula is C13H9F3O. The lowest BCUT2D eigenvalue weighted by Gasteiger charge is -2.09. The number of allylic oxidation sites excluding steroid dienone is 4. The summed E-state index contributed by atoms with van der Waals surface area (Å²) in [6.07, 6.45) is 0.754. The normalized spacial score (nSPS) is 15.9. The maximum atomic E-state index is 12.3. The maximum absolute atomic E-state index is 12.3. The highest BCUT2D eigenvalue weighted by molar-refractivity contribution is 5.97. The number of carbonyl (C=O) groups excluding carboxylic acids is 1. The van der Waals surface area contributed by atoms with E-state index in [1.807, 2.05) is 0 Å². The van der Waals surface area contributed by atoms with E-state index < -0.39 is 11.7 Å². The summed E-state index contributed by atoms with van der Waals surface area (Å²) in [5, 5.41) is 0. The average Bonchev–Trinajstić information content (AvgIpc) is 2.29. The molecule has 0 unspecified atom stereocenters. The summed E-state index contributed by atoms with van der Waals surface area (Å²) in [4.78, 5) is 10.9. The second-order valence-electron chi connectivity index (χ2n) is 3.74. The van der Waals surface area contributed by atoms with Gasteiger partial charge in [-0.25, -0.2) is 0 Å². The van der Waals surface area contributed by atoms with E-state index in [1.54, 1.807) is 12.2 Å². The van der Waals surface area contributed by atoms with Gasteiger partial charge in [0, 0.05) is 6.42 Å². The fraction of sp³-hybridized carbons (Fsp3) is 0.154. The number of rotatable bonds is 1. The molecule has 0 heterocycles. The lowest BCUT2D eigenvalue weighted by atomic mass is 9.98. The standard InChI is InChI=1S/C13H9F3O/c14-13(15,16)11-5-1-9(2-6-11)10-3-7-12(17)8-4-10/h1-7H,8H2. The van der Waals surface area contributed by atoms with E-state index in [0.717, 1.165) is 17.7 Å². The zero-order valence-electron chi connectivity index (χ0n) is 8.79. The van der Waals surface area contributed by atoms with Crippen LogP contribution < -0.4 is 0 Å². The van der Waals surface area contributed by atoms with Crippen molar-refractivity contribution in [1.82, 2.24) is 0 Å². The van der Waals surface area contributed by atoms with Crippen molar-refractivity contribution in [2.24, 2.45) is 0 Å². The fourth-order valence-electron chi connectivity index (χ4n) is 1.60. The Bertz CT molecular complexity index is 492. The van der Waals surface area contributed by atoms with Crippen molar-refractivity contribution in [2.75, 3.05) is 0 Å². The van der Waals surface area contributed by atoms with Crippen LogP contribution in [0.4, 0.5) is 13.2 Å². The van der Waals surface area contributed by atoms with Gasteiger partial charge in [-0.05, 0) is 29.3 Å². The summed E-state index contributed by atoms with van der Waals surface area (Å²) in [6, 6.07) is 4.91. The first-order valence-electron chi connectivity index (χ1n) is 5.05. The quantitative estimate of drug-likeness (QED) is 0.730. The van der Waals surface area contributed by atoms with Crippen LogP contribution >= 0.6 is 0 Å². The van der Waals surface area contributed by atoms with Gasteiger partial charge in [-0.3, -0.25) is 4.79 Å². The third kappa shape index (κ3) is 2.64. The van der Waals surface area contributed by atoms with Gasteiger partial charge in [0.05, 0.1) is 5.56 Å². The van der Waals surface area contributed by atoms with Crippen molar-refractivity contribution in [3.63, 3.8) is 0 Å². The zero-order valence-corrected chi connectivity index (χ0v) is 8.79. The lowest BCUT2D eigenvalue weighted by molar-refractivity contribution is -0.137. The molecule has 1 aliphatic carbocycles. The molecule has 1 nitrogen and oxygen atoms in total. The van der Waals surface area contributed by atoms with Crippen LogP contribution in [0.25, 0.3) is 5.57 Å². The highest BCUT2D eigenvalue weighted by Crippen LogP contribution is 2.30. The second kappa shape index (κ2) is 4.20. The lowest BCUT2D eigenvalue weighted by Crippen LogP contribution is -2.04. The minimum Gasteiger partial charge on any atom is -0.295 e. The Hall–Kier alpha value is -1.84. The van der Waals surface area contributed by atoms with Crippen molar-refractivity contribution < 1.29 is 18.0 Å². The van der Waals surface area contributed by atoms with E-state index >= 15 is 0 Å². The van der Waals surface area contributed by atoms with Gasteiger partial charge in [-0.1, -0.05) is 24.3 Å². The number of hydrogen-bond donors (Lipinski definition) is 0. The van der Waals surface area contributed by atoms with Crippen molar-refractivity contribution in [3.05, 3.63) is 53.6 Å². The minimum absolute atomic E-state index is 0.000613.